The van der Waals surface area contributed by atoms with Crippen LogP contribution in [0.3, 0.4) is 0 Å². The van der Waals surface area contributed by atoms with E-state index < -0.39 is 17.5 Å². The molecule has 4 aliphatic rings. The molecule has 1 atom stereocenters. The molecule has 1 aromatic heterocycles. The molecule has 134 valence electrons. The Kier molecular flexibility index (Phi) is 3.17. The molecule has 3 aliphatic carbocycles. The van der Waals surface area contributed by atoms with E-state index in [2.05, 4.69) is 11.0 Å². The van der Waals surface area contributed by atoms with Gasteiger partial charge in [-0.25, -0.2) is 5.12 Å². The Morgan fingerprint density at radius 3 is 2.64 bits per heavy atom. The van der Waals surface area contributed by atoms with Crippen LogP contribution in [0.25, 0.3) is 11.0 Å². The third-order valence-electron chi connectivity index (χ3n) is 5.84. The van der Waals surface area contributed by atoms with Crippen molar-refractivity contribution in [3.05, 3.63) is 30.0 Å². The lowest BCUT2D eigenvalue weighted by Crippen LogP contribution is -2.57. The van der Waals surface area contributed by atoms with E-state index in [4.69, 9.17) is 9.25 Å². The lowest BCUT2D eigenvalue weighted by Gasteiger charge is -2.47. The maximum atomic E-state index is 13.1. The van der Waals surface area contributed by atoms with Gasteiger partial charge in [0.25, 0.3) is 0 Å². The molecule has 2 heterocycles. The summed E-state index contributed by atoms with van der Waals surface area (Å²) in [5.41, 5.74) is 5.74. The molecule has 25 heavy (non-hydrogen) atoms. The van der Waals surface area contributed by atoms with Crippen LogP contribution in [0, 0.1) is 11.8 Å². The predicted molar refractivity (Wildman–Crippen MR) is 83.8 cm³/mol. The molecule has 2 aromatic rings. The van der Waals surface area contributed by atoms with Gasteiger partial charge in [-0.3, -0.25) is 4.84 Å². The van der Waals surface area contributed by atoms with Crippen LogP contribution in [0.15, 0.2) is 28.9 Å². The van der Waals surface area contributed by atoms with Crippen LogP contribution < -0.4 is 16.1 Å². The number of halogens is 3. The van der Waals surface area contributed by atoms with E-state index in [0.717, 1.165) is 25.5 Å². The van der Waals surface area contributed by atoms with Gasteiger partial charge in [-0.05, 0) is 56.2 Å². The van der Waals surface area contributed by atoms with Crippen LogP contribution in [0.5, 0.6) is 0 Å². The second kappa shape index (κ2) is 5.12. The van der Waals surface area contributed by atoms with E-state index in [1.54, 1.807) is 17.3 Å². The van der Waals surface area contributed by atoms with E-state index in [1.165, 1.54) is 18.9 Å². The number of nitrogens with zero attached hydrogens (tertiary/aromatic N) is 1. The standard InChI is InChI=1S/C17H18F3N3O2/c18-17(19,20)14-9-24-15-6-5-12(7-13(14)15)23-21-16(25-22-23)8-10-1-3-11(16)4-2-10/h5-7,9-11,21-22H,1-4,8H2/t10?,11?,16-/m0/s1. The minimum atomic E-state index is -4.45. The second-order valence-corrected chi connectivity index (χ2v) is 7.28. The normalized spacial score (nSPS) is 32.2. The van der Waals surface area contributed by atoms with Gasteiger partial charge in [-0.15, -0.1) is 0 Å². The topological polar surface area (TPSA) is 49.7 Å². The highest BCUT2D eigenvalue weighted by atomic mass is 19.4. The zero-order valence-corrected chi connectivity index (χ0v) is 13.4. The molecule has 0 radical (unpaired) electrons. The largest absolute Gasteiger partial charge is 0.464 e. The van der Waals surface area contributed by atoms with Gasteiger partial charge in [-0.2, -0.15) is 18.6 Å². The average Bonchev–Trinajstić information content (AvgIpc) is 3.19. The summed E-state index contributed by atoms with van der Waals surface area (Å²) in [6, 6.07) is 4.71. The van der Waals surface area contributed by atoms with Crippen molar-refractivity contribution in [2.45, 2.75) is 44.0 Å². The smallest absolute Gasteiger partial charge is 0.420 e. The van der Waals surface area contributed by atoms with Crippen molar-refractivity contribution in [1.82, 2.24) is 11.0 Å². The molecule has 4 fully saturated rings. The fourth-order valence-corrected chi connectivity index (χ4v) is 4.55. The first-order valence-electron chi connectivity index (χ1n) is 8.55. The quantitative estimate of drug-likeness (QED) is 0.808. The summed E-state index contributed by atoms with van der Waals surface area (Å²) in [6.45, 7) is 0. The van der Waals surface area contributed by atoms with Crippen molar-refractivity contribution in [1.29, 1.82) is 0 Å². The number of nitrogens with one attached hydrogen (secondary N) is 2. The molecule has 1 spiro atoms. The Hall–Kier alpha value is -1.77. The van der Waals surface area contributed by atoms with Gasteiger partial charge in [0.1, 0.15) is 17.4 Å². The lowest BCUT2D eigenvalue weighted by molar-refractivity contribution is -0.153. The Morgan fingerprint density at radius 1 is 1.16 bits per heavy atom. The molecule has 2 N–H and O–H groups in total. The highest BCUT2D eigenvalue weighted by Gasteiger charge is 2.53. The van der Waals surface area contributed by atoms with Gasteiger partial charge in [0, 0.05) is 11.3 Å². The molecule has 3 saturated carbocycles. The van der Waals surface area contributed by atoms with Crippen molar-refractivity contribution in [3.8, 4) is 0 Å². The first-order valence-corrected chi connectivity index (χ1v) is 8.55. The number of hydrogen-bond donors (Lipinski definition) is 2. The van der Waals surface area contributed by atoms with E-state index in [-0.39, 0.29) is 11.0 Å². The first kappa shape index (κ1) is 15.5. The molecule has 2 bridgehead atoms. The van der Waals surface area contributed by atoms with E-state index in [1.807, 2.05) is 0 Å². The minimum Gasteiger partial charge on any atom is -0.464 e. The number of anilines is 1. The minimum absolute atomic E-state index is 0.0414. The second-order valence-electron chi connectivity index (χ2n) is 7.28. The molecule has 1 aromatic carbocycles. The summed E-state index contributed by atoms with van der Waals surface area (Å²) in [7, 11) is 0. The fraction of sp³-hybridized carbons (Fsp3) is 0.529. The zero-order chi connectivity index (χ0) is 17.2. The summed E-state index contributed by atoms with van der Waals surface area (Å²) in [5, 5.41) is 1.62. The highest BCUT2D eigenvalue weighted by Crippen LogP contribution is 2.49. The van der Waals surface area contributed by atoms with E-state index in [0.29, 0.717) is 17.5 Å². The molecular formula is C17H18F3N3O2. The summed E-state index contributed by atoms with van der Waals surface area (Å²) in [5.74, 6) is 1.06. The third kappa shape index (κ3) is 2.35. The number of furan rings is 1. The van der Waals surface area contributed by atoms with Crippen LogP contribution in [0.2, 0.25) is 0 Å². The fourth-order valence-electron chi connectivity index (χ4n) is 4.55. The van der Waals surface area contributed by atoms with Crippen LogP contribution in [0.1, 0.15) is 37.7 Å². The van der Waals surface area contributed by atoms with E-state index in [9.17, 15) is 13.2 Å². The average molecular weight is 353 g/mol. The first-order chi connectivity index (χ1) is 11.9. The number of alkyl halides is 3. The molecule has 8 heteroatoms. The van der Waals surface area contributed by atoms with Gasteiger partial charge in [0.2, 0.25) is 0 Å². The van der Waals surface area contributed by atoms with Crippen molar-refractivity contribution in [2.75, 3.05) is 5.12 Å². The molecule has 1 saturated heterocycles. The molecule has 5 nitrogen and oxygen atoms in total. The Morgan fingerprint density at radius 2 is 1.96 bits per heavy atom. The molecule has 0 amide bonds. The Balaban J connectivity index is 1.46. The van der Waals surface area contributed by atoms with Crippen molar-refractivity contribution < 1.29 is 22.4 Å². The predicted octanol–water partition coefficient (Wildman–Crippen LogP) is 4.12. The molecule has 6 rings (SSSR count). The molecular weight excluding hydrogens is 335 g/mol. The molecule has 0 unspecified atom stereocenters. The third-order valence-corrected chi connectivity index (χ3v) is 5.84. The van der Waals surface area contributed by atoms with Crippen molar-refractivity contribution >= 4 is 16.7 Å². The van der Waals surface area contributed by atoms with Crippen molar-refractivity contribution in [2.24, 2.45) is 11.8 Å². The monoisotopic (exact) mass is 353 g/mol. The Labute approximate surface area is 142 Å². The number of fused-ring (bicyclic) bond motifs is 3. The molecule has 1 aliphatic heterocycles. The number of hydrazine groups is 2. The maximum absolute atomic E-state index is 13.1. The van der Waals surface area contributed by atoms with Crippen LogP contribution in [-0.2, 0) is 11.0 Å². The number of benzene rings is 1. The summed E-state index contributed by atoms with van der Waals surface area (Å²) in [4.78, 5) is 5.89. The van der Waals surface area contributed by atoms with Gasteiger partial charge in [-0.1, -0.05) is 5.59 Å². The lowest BCUT2D eigenvalue weighted by atomic mass is 9.66. The van der Waals surface area contributed by atoms with E-state index >= 15 is 0 Å². The van der Waals surface area contributed by atoms with Gasteiger partial charge >= 0.3 is 6.18 Å². The van der Waals surface area contributed by atoms with Crippen molar-refractivity contribution in [3.63, 3.8) is 0 Å². The van der Waals surface area contributed by atoms with Crippen LogP contribution >= 0.6 is 0 Å². The summed E-state index contributed by atoms with van der Waals surface area (Å²) >= 11 is 0. The highest BCUT2D eigenvalue weighted by molar-refractivity contribution is 5.85. The number of rotatable bonds is 1. The summed E-state index contributed by atoms with van der Waals surface area (Å²) in [6.07, 6.45) is 1.93. The van der Waals surface area contributed by atoms with Gasteiger partial charge in [0.05, 0.1) is 5.69 Å². The van der Waals surface area contributed by atoms with Crippen LogP contribution in [-0.4, -0.2) is 5.72 Å². The summed E-state index contributed by atoms with van der Waals surface area (Å²) < 4.78 is 44.4. The maximum Gasteiger partial charge on any atom is 0.420 e. The van der Waals surface area contributed by atoms with Gasteiger partial charge < -0.3 is 4.42 Å². The Bertz CT molecular complexity index is 813. The van der Waals surface area contributed by atoms with Crippen LogP contribution in [0.4, 0.5) is 18.9 Å². The van der Waals surface area contributed by atoms with Gasteiger partial charge in [0.15, 0.2) is 5.72 Å². The number of hydrogen-bond acceptors (Lipinski definition) is 5. The SMILES string of the molecule is FC(F)(F)c1coc2ccc(N3NO[C@]4(CC5CCC4CC5)N3)cc12. The zero-order valence-electron chi connectivity index (χ0n) is 13.4.